The van der Waals surface area contributed by atoms with Gasteiger partial charge in [-0.05, 0) is 35.6 Å². The minimum Gasteiger partial charge on any atom is -0.349 e. The summed E-state index contributed by atoms with van der Waals surface area (Å²) in [6, 6.07) is 12.9. The second kappa shape index (κ2) is 9.39. The van der Waals surface area contributed by atoms with Gasteiger partial charge in [-0.1, -0.05) is 61.8 Å². The summed E-state index contributed by atoms with van der Waals surface area (Å²) >= 11 is 6.30. The predicted octanol–water partition coefficient (Wildman–Crippen LogP) is 4.67. The molecule has 0 spiro atoms. The van der Waals surface area contributed by atoms with Gasteiger partial charge in [0.2, 0.25) is 11.8 Å². The maximum absolute atomic E-state index is 12.7. The molecule has 0 saturated heterocycles. The lowest BCUT2D eigenvalue weighted by Crippen LogP contribution is -2.30. The zero-order valence-corrected chi connectivity index (χ0v) is 16.2. The summed E-state index contributed by atoms with van der Waals surface area (Å²) in [6.07, 6.45) is 1.69. The van der Waals surface area contributed by atoms with Crippen molar-refractivity contribution in [3.05, 3.63) is 64.2 Å². The number of nitrogens with one attached hydrogen (secondary N) is 2. The molecule has 2 amide bonds. The van der Waals surface area contributed by atoms with Crippen LogP contribution in [0.15, 0.2) is 42.5 Å². The van der Waals surface area contributed by atoms with E-state index in [1.165, 1.54) is 6.92 Å². The van der Waals surface area contributed by atoms with Gasteiger partial charge in [0.1, 0.15) is 0 Å². The number of rotatable bonds is 7. The Hall–Kier alpha value is -2.33. The van der Waals surface area contributed by atoms with E-state index in [0.29, 0.717) is 5.02 Å². The molecule has 0 aliphatic heterocycles. The molecule has 138 valence electrons. The molecule has 0 fully saturated rings. The highest BCUT2D eigenvalue weighted by Crippen LogP contribution is 2.30. The molecule has 0 unspecified atom stereocenters. The molecule has 0 heterocycles. The van der Waals surface area contributed by atoms with Crippen molar-refractivity contribution in [1.82, 2.24) is 5.32 Å². The number of hydrogen-bond acceptors (Lipinski definition) is 2. The molecule has 2 rings (SSSR count). The number of carbonyl (C=O) groups is 2. The first kappa shape index (κ1) is 20.0. The van der Waals surface area contributed by atoms with Crippen LogP contribution in [0, 0.1) is 0 Å². The van der Waals surface area contributed by atoms with Gasteiger partial charge in [-0.25, -0.2) is 0 Å². The Morgan fingerprint density at radius 1 is 1.04 bits per heavy atom. The van der Waals surface area contributed by atoms with Crippen LogP contribution in [0.1, 0.15) is 49.9 Å². The Morgan fingerprint density at radius 2 is 1.73 bits per heavy atom. The van der Waals surface area contributed by atoms with Crippen molar-refractivity contribution < 1.29 is 9.59 Å². The monoisotopic (exact) mass is 372 g/mol. The summed E-state index contributed by atoms with van der Waals surface area (Å²) in [5.74, 6) is -0.322. The summed E-state index contributed by atoms with van der Waals surface area (Å²) in [5.41, 5.74) is 3.68. The van der Waals surface area contributed by atoms with Crippen LogP contribution in [0.5, 0.6) is 0 Å². The Kier molecular flexibility index (Phi) is 7.22. The minimum absolute atomic E-state index is 0.153. The Bertz CT molecular complexity index is 775. The molecule has 5 heteroatoms. The second-order valence-electron chi connectivity index (χ2n) is 6.18. The Morgan fingerprint density at radius 3 is 2.31 bits per heavy atom. The van der Waals surface area contributed by atoms with Crippen LogP contribution in [-0.2, 0) is 22.4 Å². The number of aryl methyl sites for hydroxylation is 1. The van der Waals surface area contributed by atoms with Crippen LogP contribution in [0.2, 0.25) is 5.02 Å². The van der Waals surface area contributed by atoms with Gasteiger partial charge < -0.3 is 10.6 Å². The molecular weight excluding hydrogens is 348 g/mol. The molecular formula is C21H25ClN2O2. The van der Waals surface area contributed by atoms with E-state index in [1.807, 2.05) is 56.3 Å². The highest BCUT2D eigenvalue weighted by Gasteiger charge is 2.19. The second-order valence-corrected chi connectivity index (χ2v) is 6.59. The number of amides is 2. The van der Waals surface area contributed by atoms with Crippen molar-refractivity contribution >= 4 is 29.1 Å². The Labute approximate surface area is 159 Å². The number of halogens is 1. The zero-order valence-electron chi connectivity index (χ0n) is 15.4. The van der Waals surface area contributed by atoms with E-state index in [2.05, 4.69) is 10.6 Å². The molecule has 0 saturated carbocycles. The van der Waals surface area contributed by atoms with Gasteiger partial charge in [-0.3, -0.25) is 9.59 Å². The van der Waals surface area contributed by atoms with Gasteiger partial charge in [-0.2, -0.15) is 0 Å². The number of hydrogen-bond donors (Lipinski definition) is 2. The fourth-order valence-corrected chi connectivity index (χ4v) is 3.32. The van der Waals surface area contributed by atoms with Gasteiger partial charge >= 0.3 is 0 Å². The molecule has 1 atom stereocenters. The van der Waals surface area contributed by atoms with E-state index in [9.17, 15) is 9.59 Å². The topological polar surface area (TPSA) is 58.2 Å². The number of anilines is 1. The van der Waals surface area contributed by atoms with Gasteiger partial charge in [0, 0.05) is 17.6 Å². The summed E-state index contributed by atoms with van der Waals surface area (Å²) in [5, 5.41) is 6.53. The molecule has 0 aliphatic carbocycles. The van der Waals surface area contributed by atoms with Crippen molar-refractivity contribution in [2.75, 3.05) is 5.32 Å². The van der Waals surface area contributed by atoms with Crippen molar-refractivity contribution in [1.29, 1.82) is 0 Å². The summed E-state index contributed by atoms with van der Waals surface area (Å²) in [4.78, 5) is 24.3. The van der Waals surface area contributed by atoms with E-state index < -0.39 is 0 Å². The number of carbonyl (C=O) groups excluding carboxylic acids is 2. The van der Waals surface area contributed by atoms with Crippen LogP contribution >= 0.6 is 11.6 Å². The maximum atomic E-state index is 12.7. The van der Waals surface area contributed by atoms with Crippen molar-refractivity contribution in [3.63, 3.8) is 0 Å². The Balaban J connectivity index is 2.23. The van der Waals surface area contributed by atoms with E-state index in [4.69, 9.17) is 11.6 Å². The van der Waals surface area contributed by atoms with Crippen LogP contribution in [-0.4, -0.2) is 11.8 Å². The first-order chi connectivity index (χ1) is 12.5. The summed E-state index contributed by atoms with van der Waals surface area (Å²) < 4.78 is 0. The van der Waals surface area contributed by atoms with Gasteiger partial charge in [0.25, 0.3) is 0 Å². The summed E-state index contributed by atoms with van der Waals surface area (Å²) in [6.45, 7) is 5.51. The van der Waals surface area contributed by atoms with Gasteiger partial charge in [-0.15, -0.1) is 0 Å². The molecule has 4 nitrogen and oxygen atoms in total. The molecule has 26 heavy (non-hydrogen) atoms. The van der Waals surface area contributed by atoms with Crippen molar-refractivity contribution in [2.24, 2.45) is 0 Å². The number of benzene rings is 2. The quantitative estimate of drug-likeness (QED) is 0.741. The smallest absolute Gasteiger partial charge is 0.226 e. The fraction of sp³-hybridized carbons (Fsp3) is 0.333. The average molecular weight is 373 g/mol. The van der Waals surface area contributed by atoms with E-state index in [0.717, 1.165) is 35.2 Å². The SMILES string of the molecule is CCc1ccc(Cl)c(CC)c1NC(=O)C[C@@H](NC(C)=O)c1ccccc1. The average Bonchev–Trinajstić information content (AvgIpc) is 2.62. The lowest BCUT2D eigenvalue weighted by atomic mass is 10.0. The first-order valence-electron chi connectivity index (χ1n) is 8.88. The van der Waals surface area contributed by atoms with Gasteiger partial charge in [0.05, 0.1) is 12.5 Å². The zero-order chi connectivity index (χ0) is 19.1. The third-order valence-corrected chi connectivity index (χ3v) is 4.66. The van der Waals surface area contributed by atoms with E-state index in [-0.39, 0.29) is 24.3 Å². The van der Waals surface area contributed by atoms with Gasteiger partial charge in [0.15, 0.2) is 0 Å². The molecule has 0 aliphatic rings. The lowest BCUT2D eigenvalue weighted by Gasteiger charge is -2.20. The normalized spacial score (nSPS) is 11.7. The van der Waals surface area contributed by atoms with E-state index in [1.54, 1.807) is 0 Å². The predicted molar refractivity (Wildman–Crippen MR) is 106 cm³/mol. The highest BCUT2D eigenvalue weighted by atomic mass is 35.5. The third kappa shape index (κ3) is 5.09. The minimum atomic E-state index is -0.372. The molecule has 2 aromatic carbocycles. The molecule has 2 N–H and O–H groups in total. The van der Waals surface area contributed by atoms with E-state index >= 15 is 0 Å². The van der Waals surface area contributed by atoms with Crippen LogP contribution in [0.4, 0.5) is 5.69 Å². The van der Waals surface area contributed by atoms with Crippen molar-refractivity contribution in [3.8, 4) is 0 Å². The molecule has 0 bridgehead atoms. The maximum Gasteiger partial charge on any atom is 0.226 e. The lowest BCUT2D eigenvalue weighted by molar-refractivity contribution is -0.120. The third-order valence-electron chi connectivity index (χ3n) is 4.31. The molecule has 0 radical (unpaired) electrons. The largest absolute Gasteiger partial charge is 0.349 e. The fourth-order valence-electron chi connectivity index (χ4n) is 3.03. The van der Waals surface area contributed by atoms with Crippen LogP contribution in [0.3, 0.4) is 0 Å². The van der Waals surface area contributed by atoms with Crippen LogP contribution in [0.25, 0.3) is 0 Å². The standard InChI is InChI=1S/C21H25ClN2O2/c1-4-15-11-12-18(22)17(5-2)21(15)24-20(26)13-19(23-14(3)25)16-9-7-6-8-10-16/h6-12,19H,4-5,13H2,1-3H3,(H,23,25)(H,24,26)/t19-/m1/s1. The molecule has 0 aromatic heterocycles. The van der Waals surface area contributed by atoms with Crippen LogP contribution < -0.4 is 10.6 Å². The highest BCUT2D eigenvalue weighted by molar-refractivity contribution is 6.32. The first-order valence-corrected chi connectivity index (χ1v) is 9.26. The molecule has 2 aromatic rings. The summed E-state index contributed by atoms with van der Waals surface area (Å²) in [7, 11) is 0. The van der Waals surface area contributed by atoms with Crippen molar-refractivity contribution in [2.45, 2.75) is 46.1 Å².